The molecule has 0 saturated heterocycles. The number of aldehydes is 1. The van der Waals surface area contributed by atoms with E-state index < -0.39 is 163 Å². The van der Waals surface area contributed by atoms with E-state index in [2.05, 4.69) is 91.1 Å². The van der Waals surface area contributed by atoms with Crippen molar-refractivity contribution < 1.29 is 72.5 Å². The lowest BCUT2D eigenvalue weighted by Gasteiger charge is -2.30. The molecule has 31 N–H and O–H groups in total. The Labute approximate surface area is 652 Å². The molecule has 0 aliphatic rings. The summed E-state index contributed by atoms with van der Waals surface area (Å²) in [5.74, 6) is -14.2. The van der Waals surface area contributed by atoms with Crippen molar-refractivity contribution in [2.24, 2.45) is 83.4 Å². The lowest BCUT2D eigenvalue weighted by atomic mass is 9.96. The van der Waals surface area contributed by atoms with Gasteiger partial charge in [0.1, 0.15) is 60.4 Å². The quantitative estimate of drug-likeness (QED) is 0.00733. The molecule has 0 aliphatic heterocycles. The number of aliphatic carboxylic acids is 1. The van der Waals surface area contributed by atoms with E-state index in [1.807, 2.05) is 45.2 Å². The highest BCUT2D eigenvalue weighted by molar-refractivity contribution is 14.1. The summed E-state index contributed by atoms with van der Waals surface area (Å²) < 4.78 is 0.840. The zero-order valence-corrected chi connectivity index (χ0v) is 65.3. The van der Waals surface area contributed by atoms with Crippen molar-refractivity contribution >= 4 is 159 Å². The number of carboxylic acid groups (broad SMARTS) is 1. The Morgan fingerprint density at radius 1 is 0.477 bits per heavy atom. The van der Waals surface area contributed by atoms with Crippen molar-refractivity contribution in [3.63, 3.8) is 0 Å². The number of nitrogens with two attached hydrogens (primary N) is 9. The van der Waals surface area contributed by atoms with E-state index in [9.17, 15) is 72.5 Å². The molecule has 11 amide bonds. The highest BCUT2D eigenvalue weighted by Gasteiger charge is 2.38. The normalized spacial score (nSPS) is 14.2. The van der Waals surface area contributed by atoms with Gasteiger partial charge in [-0.1, -0.05) is 70.9 Å². The van der Waals surface area contributed by atoms with Gasteiger partial charge in [0.05, 0.1) is 38.7 Å². The van der Waals surface area contributed by atoms with Crippen LogP contribution >= 0.6 is 57.8 Å². The number of carbonyl (C=O) groups is 13. The first-order valence-electron chi connectivity index (χ1n) is 34.3. The number of aliphatic imine (C=N–C) groups is 4. The number of carbonyl (C=O) groups excluding carboxylic acids is 12. The number of phenols is 1. The molecule has 107 heavy (non-hydrogen) atoms. The average Bonchev–Trinajstić information content (AvgIpc) is 0.853. The molecule has 0 aromatic heterocycles. The first kappa shape index (κ1) is 93.5. The average molecular weight is 1750 g/mol. The summed E-state index contributed by atoms with van der Waals surface area (Å²) in [6.07, 6.45) is 0.300. The smallest absolute Gasteiger partial charge is 0.305 e. The van der Waals surface area contributed by atoms with Crippen molar-refractivity contribution in [1.29, 1.82) is 0 Å². The van der Waals surface area contributed by atoms with Crippen LogP contribution in [0.4, 0.5) is 0 Å². The molecule has 0 radical (unpaired) electrons. The Morgan fingerprint density at radius 3 is 1.34 bits per heavy atom. The maximum atomic E-state index is 14.5. The lowest BCUT2D eigenvalue weighted by molar-refractivity contribution is -0.142. The summed E-state index contributed by atoms with van der Waals surface area (Å²) in [7, 11) is 0. The Morgan fingerprint density at radius 2 is 0.869 bits per heavy atom. The van der Waals surface area contributed by atoms with Gasteiger partial charge in [-0.05, 0) is 132 Å². The van der Waals surface area contributed by atoms with Gasteiger partial charge in [0.15, 0.2) is 23.8 Å². The van der Waals surface area contributed by atoms with Crippen molar-refractivity contribution in [1.82, 2.24) is 58.5 Å². The predicted octanol–water partition coefficient (Wildman–Crippen LogP) is -5.78. The number of amides is 11. The third kappa shape index (κ3) is 37.0. The van der Waals surface area contributed by atoms with Gasteiger partial charge in [-0.25, -0.2) is 0 Å². The van der Waals surface area contributed by atoms with E-state index in [1.54, 1.807) is 70.2 Å². The van der Waals surface area contributed by atoms with Crippen LogP contribution < -0.4 is 110 Å². The minimum Gasteiger partial charge on any atom is -0.506 e. The summed E-state index contributed by atoms with van der Waals surface area (Å²) >= 11 is 7.98. The topological polar surface area (TPSA) is 678 Å². The second kappa shape index (κ2) is 50.0. The molecule has 12 atom stereocenters. The van der Waals surface area contributed by atoms with Gasteiger partial charge in [0.25, 0.3) is 0 Å². The number of nitrogens with one attached hydrogen (secondary N) is 11. The van der Waals surface area contributed by atoms with E-state index in [1.165, 1.54) is 0 Å². The van der Waals surface area contributed by atoms with Crippen molar-refractivity contribution in [3.8, 4) is 5.75 Å². The summed E-state index contributed by atoms with van der Waals surface area (Å²) in [6.45, 7) is 5.28. The Bertz CT molecular complexity index is 3430. The van der Waals surface area contributed by atoms with Crippen molar-refractivity contribution in [2.45, 2.75) is 172 Å². The molecule has 0 spiro atoms. The van der Waals surface area contributed by atoms with Crippen LogP contribution in [0.2, 0.25) is 0 Å². The number of hydrogen-bond acceptors (Lipinski definition) is 20. The van der Waals surface area contributed by atoms with Crippen LogP contribution in [0.25, 0.3) is 0 Å². The molecule has 594 valence electrons. The number of thiol groups is 1. The molecular formula is C65H104I2N24O15S. The molecule has 2 rings (SSSR count). The largest absolute Gasteiger partial charge is 0.506 e. The maximum Gasteiger partial charge on any atom is 0.305 e. The molecular weight excluding hydrogens is 1640 g/mol. The van der Waals surface area contributed by atoms with Crippen LogP contribution in [0.1, 0.15) is 109 Å². The lowest BCUT2D eigenvalue weighted by Crippen LogP contribution is -2.61. The van der Waals surface area contributed by atoms with Crippen LogP contribution in [-0.2, 0) is 75.2 Å². The van der Waals surface area contributed by atoms with Gasteiger partial charge in [-0.3, -0.25) is 77.5 Å². The second-order valence-electron chi connectivity index (χ2n) is 24.9. The minimum atomic E-state index is -1.94. The molecule has 0 saturated carbocycles. The number of phenolic OH excluding ortho intramolecular Hbond substituents is 1. The SMILES string of the molecule is CC[C@H](C)[C@H](NC(=O)[C@H](CCCN=C(N)N)NC(=O)[C@H](CC(=O)O)NC(=O)[C@@H](NC(=O)[C@H](CCCN=C(N)N)NC(=O)CNC(=O)CNC(=O)[C@H](Cc1cc(I)c(O)c(I)c1)NC(=O)[C@H](CS)NC(=O)[C@@H](N)CCCN=C(N)N)[C@@H](C)CC)C(=O)N[C@@H](Cc1ccccc1)C(=O)N[C@H](C=O)CCCN=C(N)N. The molecule has 39 nitrogen and oxygen atoms in total. The monoisotopic (exact) mass is 1750 g/mol. The van der Waals surface area contributed by atoms with Crippen LogP contribution in [0.3, 0.4) is 0 Å². The van der Waals surface area contributed by atoms with Crippen LogP contribution in [0, 0.1) is 19.0 Å². The van der Waals surface area contributed by atoms with Gasteiger partial charge in [-0.2, -0.15) is 12.6 Å². The van der Waals surface area contributed by atoms with Gasteiger partial charge in [-0.15, -0.1) is 0 Å². The van der Waals surface area contributed by atoms with Gasteiger partial charge in [0, 0.05) is 44.8 Å². The maximum absolute atomic E-state index is 14.5. The number of rotatable bonds is 50. The first-order chi connectivity index (χ1) is 50.5. The minimum absolute atomic E-state index is 0.0182. The van der Waals surface area contributed by atoms with Crippen LogP contribution in [-0.4, -0.2) is 217 Å². The Balaban J connectivity index is 2.43. The molecule has 0 heterocycles. The molecule has 42 heteroatoms. The highest BCUT2D eigenvalue weighted by Crippen LogP contribution is 2.28. The Kier molecular flexibility index (Phi) is 43.7. The molecule has 0 aliphatic carbocycles. The zero-order chi connectivity index (χ0) is 80.5. The number of carboxylic acids is 1. The van der Waals surface area contributed by atoms with E-state index in [0.29, 0.717) is 37.4 Å². The third-order valence-corrected chi connectivity index (χ3v) is 18.3. The number of nitrogens with zero attached hydrogens (tertiary/aromatic N) is 4. The highest BCUT2D eigenvalue weighted by atomic mass is 127. The van der Waals surface area contributed by atoms with Crippen molar-refractivity contribution in [3.05, 3.63) is 60.7 Å². The molecule has 2 aromatic rings. The molecule has 0 unspecified atom stereocenters. The fourth-order valence-electron chi connectivity index (χ4n) is 10.0. The molecule has 0 fully saturated rings. The first-order valence-corrected chi connectivity index (χ1v) is 37.1. The standard InChI is InChI=1S/C65H104I2N24O15S/c1-5-33(3)50(60(105)87-44(26-35-14-8-7-9-15-35)57(102)83-37(31-92)16-10-20-77-62(69)70)91-56(101)42(19-13-23-80-65(75)76)85-58(103)45(28-49(95)96)88-61(106)51(34(4)6-2)90-55(100)41(18-12-22-79-64(73)74)84-48(94)30-81-47(93)29-82-54(99)43(27-36-24-38(66)52(97)39(67)25-36)86-59(104)46(32-107)89-53(98)40(68)17-11-21-78-63(71)72/h7-9,14-15,24-25,31,33-34,37,40-46,50-51,97,107H,5-6,10-13,16-23,26-30,32,68H2,1-4H3,(H,81,93)(H,82,99)(H,83,102)(H,84,94)(H,85,103)(H,86,104)(H,87,105)(H,88,106)(H,89,98)(H,90,100)(H,91,101)(H,95,96)(H4,69,70,77)(H4,71,72,78)(H4,73,74,79)(H4,75,76,80)/t33-,34-,37-,40-,41-,42-,43-,44-,45-,46-,50-,51-/m0/s1. The second-order valence-corrected chi connectivity index (χ2v) is 27.6. The third-order valence-electron chi connectivity index (χ3n) is 16.3. The summed E-state index contributed by atoms with van der Waals surface area (Å²) in [4.78, 5) is 194. The Hall–Kier alpha value is -9.60. The number of aromatic hydroxyl groups is 1. The number of guanidine groups is 4. The summed E-state index contributed by atoms with van der Waals surface area (Å²) in [6, 6.07) is -2.28. The fourth-order valence-corrected chi connectivity index (χ4v) is 12.2. The van der Waals surface area contributed by atoms with E-state index in [-0.39, 0.29) is 126 Å². The predicted molar refractivity (Wildman–Crippen MR) is 419 cm³/mol. The van der Waals surface area contributed by atoms with E-state index >= 15 is 0 Å². The van der Waals surface area contributed by atoms with E-state index in [4.69, 9.17) is 51.6 Å². The van der Waals surface area contributed by atoms with Crippen LogP contribution in [0.15, 0.2) is 62.4 Å². The molecule has 0 bridgehead atoms. The van der Waals surface area contributed by atoms with Crippen LogP contribution in [0.5, 0.6) is 5.75 Å². The number of halogens is 2. The number of benzene rings is 2. The van der Waals surface area contributed by atoms with E-state index in [0.717, 1.165) is 0 Å². The van der Waals surface area contributed by atoms with Gasteiger partial charge < -0.3 is 125 Å². The number of hydrogen-bond donors (Lipinski definition) is 23. The fraction of sp³-hybridized carbons (Fsp3) is 0.554. The summed E-state index contributed by atoms with van der Waals surface area (Å²) in [5, 5.41) is 48.3. The van der Waals surface area contributed by atoms with Gasteiger partial charge >= 0.3 is 5.97 Å². The zero-order valence-electron chi connectivity index (χ0n) is 60.1. The van der Waals surface area contributed by atoms with Crippen molar-refractivity contribution in [2.75, 3.05) is 45.0 Å². The molecule has 2 aromatic carbocycles. The van der Waals surface area contributed by atoms with Gasteiger partial charge in [0.2, 0.25) is 65.0 Å². The summed E-state index contributed by atoms with van der Waals surface area (Å²) in [5.41, 5.74) is 50.9.